The number of benzene rings is 1. The van der Waals surface area contributed by atoms with Crippen molar-refractivity contribution < 1.29 is 0 Å². The molecule has 5 heteroatoms. The van der Waals surface area contributed by atoms with Crippen LogP contribution in [0.25, 0.3) is 5.69 Å². The molecule has 0 saturated carbocycles. The Hall–Kier alpha value is -1.88. The Balaban J connectivity index is 1.53. The Bertz CT molecular complexity index is 572. The average Bonchev–Trinajstić information content (AvgIpc) is 3.03. The van der Waals surface area contributed by atoms with E-state index in [1.54, 1.807) is 12.7 Å². The Kier molecular flexibility index (Phi) is 2.92. The van der Waals surface area contributed by atoms with Gasteiger partial charge in [0.25, 0.3) is 0 Å². The second-order valence-corrected chi connectivity index (χ2v) is 5.81. The fourth-order valence-corrected chi connectivity index (χ4v) is 3.43. The summed E-state index contributed by atoms with van der Waals surface area (Å²) < 4.78 is 1.93. The highest BCUT2D eigenvalue weighted by molar-refractivity contribution is 5.51. The normalized spacial score (nSPS) is 28.5. The van der Waals surface area contributed by atoms with Crippen molar-refractivity contribution in [3.8, 4) is 5.69 Å². The van der Waals surface area contributed by atoms with Gasteiger partial charge in [0, 0.05) is 18.3 Å². The number of rotatable bonds is 3. The van der Waals surface area contributed by atoms with Crippen molar-refractivity contribution in [1.82, 2.24) is 19.7 Å². The summed E-state index contributed by atoms with van der Waals surface area (Å²) in [6, 6.07) is 9.06. The van der Waals surface area contributed by atoms with Crippen LogP contribution in [0, 0.1) is 5.92 Å². The van der Waals surface area contributed by atoms with Gasteiger partial charge in [-0.2, -0.15) is 0 Å². The Morgan fingerprint density at radius 2 is 1.90 bits per heavy atom. The van der Waals surface area contributed by atoms with E-state index in [4.69, 9.17) is 0 Å². The van der Waals surface area contributed by atoms with Gasteiger partial charge in [-0.1, -0.05) is 6.07 Å². The van der Waals surface area contributed by atoms with E-state index in [1.807, 2.05) is 4.57 Å². The van der Waals surface area contributed by atoms with Crippen LogP contribution in [0.1, 0.15) is 12.8 Å². The van der Waals surface area contributed by atoms with Crippen LogP contribution in [0.4, 0.5) is 5.69 Å². The lowest BCUT2D eigenvalue weighted by atomic mass is 9.84. The maximum atomic E-state index is 3.86. The number of hydrogen-bond acceptors (Lipinski definition) is 4. The zero-order valence-electron chi connectivity index (χ0n) is 11.4. The maximum absolute atomic E-state index is 3.86. The van der Waals surface area contributed by atoms with Crippen molar-refractivity contribution in [3.63, 3.8) is 0 Å². The van der Waals surface area contributed by atoms with Crippen molar-refractivity contribution in [2.75, 3.05) is 25.0 Å². The summed E-state index contributed by atoms with van der Waals surface area (Å²) >= 11 is 0. The Labute approximate surface area is 118 Å². The Morgan fingerprint density at radius 1 is 1.10 bits per heavy atom. The molecule has 2 aromatic rings. The number of nitrogens with zero attached hydrogens (tertiary/aromatic N) is 4. The van der Waals surface area contributed by atoms with Crippen LogP contribution in [0.2, 0.25) is 0 Å². The summed E-state index contributed by atoms with van der Waals surface area (Å²) in [5.41, 5.74) is 2.29. The van der Waals surface area contributed by atoms with Gasteiger partial charge < -0.3 is 10.2 Å². The topological polar surface area (TPSA) is 46.0 Å². The van der Waals surface area contributed by atoms with Gasteiger partial charge in [0.15, 0.2) is 0 Å². The molecule has 5 nitrogen and oxygen atoms in total. The van der Waals surface area contributed by atoms with Crippen LogP contribution in [0.5, 0.6) is 0 Å². The standard InChI is InChI=1S/C15H19N5/c1-2-13(8-14(3-1)20-10-16-17-11-20)18-15-9-19-6-4-12(15)5-7-19/h1-3,8,10-12,15,18H,4-7,9H2. The van der Waals surface area contributed by atoms with Gasteiger partial charge in [-0.15, -0.1) is 10.2 Å². The zero-order chi connectivity index (χ0) is 13.4. The molecule has 3 aliphatic rings. The zero-order valence-corrected chi connectivity index (χ0v) is 11.4. The van der Waals surface area contributed by atoms with Gasteiger partial charge in [-0.05, 0) is 50.0 Å². The molecule has 0 amide bonds. The molecule has 3 aliphatic heterocycles. The van der Waals surface area contributed by atoms with Crippen LogP contribution in [-0.4, -0.2) is 45.3 Å². The van der Waals surface area contributed by atoms with Crippen LogP contribution >= 0.6 is 0 Å². The third kappa shape index (κ3) is 2.18. The third-order valence-electron chi connectivity index (χ3n) is 4.57. The van der Waals surface area contributed by atoms with Gasteiger partial charge in [0.2, 0.25) is 0 Å². The van der Waals surface area contributed by atoms with Gasteiger partial charge >= 0.3 is 0 Å². The van der Waals surface area contributed by atoms with Crippen molar-refractivity contribution in [1.29, 1.82) is 0 Å². The second kappa shape index (κ2) is 4.90. The first-order valence-corrected chi connectivity index (χ1v) is 7.32. The van der Waals surface area contributed by atoms with E-state index in [9.17, 15) is 0 Å². The minimum absolute atomic E-state index is 0.591. The van der Waals surface area contributed by atoms with Gasteiger partial charge in [0.05, 0.1) is 5.69 Å². The third-order valence-corrected chi connectivity index (χ3v) is 4.57. The molecule has 1 unspecified atom stereocenters. The minimum atomic E-state index is 0.591. The van der Waals surface area contributed by atoms with Crippen LogP contribution in [-0.2, 0) is 0 Å². The largest absolute Gasteiger partial charge is 0.381 e. The summed E-state index contributed by atoms with van der Waals surface area (Å²) in [5, 5.41) is 11.4. The molecule has 3 fully saturated rings. The molecule has 1 N–H and O–H groups in total. The minimum Gasteiger partial charge on any atom is -0.381 e. The van der Waals surface area contributed by atoms with Gasteiger partial charge in [-0.3, -0.25) is 4.57 Å². The summed E-state index contributed by atoms with van der Waals surface area (Å²) in [7, 11) is 0. The summed E-state index contributed by atoms with van der Waals surface area (Å²) in [4.78, 5) is 2.57. The monoisotopic (exact) mass is 269 g/mol. The number of piperidine rings is 3. The average molecular weight is 269 g/mol. The molecular formula is C15H19N5. The fourth-order valence-electron chi connectivity index (χ4n) is 3.43. The maximum Gasteiger partial charge on any atom is 0.123 e. The molecule has 0 spiro atoms. The number of fused-ring (bicyclic) bond motifs is 3. The molecule has 1 aromatic carbocycles. The van der Waals surface area contributed by atoms with E-state index >= 15 is 0 Å². The van der Waals surface area contributed by atoms with E-state index in [1.165, 1.54) is 38.2 Å². The molecular weight excluding hydrogens is 250 g/mol. The predicted octanol–water partition coefficient (Wildman–Crippen LogP) is 1.77. The van der Waals surface area contributed by atoms with E-state index in [2.05, 4.69) is 44.7 Å². The van der Waals surface area contributed by atoms with Crippen LogP contribution in [0.15, 0.2) is 36.9 Å². The quantitative estimate of drug-likeness (QED) is 0.922. The first-order valence-electron chi connectivity index (χ1n) is 7.32. The number of aromatic nitrogens is 3. The number of nitrogens with one attached hydrogen (secondary N) is 1. The lowest BCUT2D eigenvalue weighted by Crippen LogP contribution is -2.53. The molecule has 3 saturated heterocycles. The van der Waals surface area contributed by atoms with Crippen molar-refractivity contribution in [2.45, 2.75) is 18.9 Å². The highest BCUT2D eigenvalue weighted by Gasteiger charge is 2.33. The van der Waals surface area contributed by atoms with Gasteiger partial charge in [0.1, 0.15) is 12.7 Å². The van der Waals surface area contributed by atoms with Crippen LogP contribution < -0.4 is 5.32 Å². The predicted molar refractivity (Wildman–Crippen MR) is 77.9 cm³/mol. The van der Waals surface area contributed by atoms with Crippen LogP contribution in [0.3, 0.4) is 0 Å². The summed E-state index contributed by atoms with van der Waals surface area (Å²) in [6.45, 7) is 3.74. The molecule has 1 aromatic heterocycles. The second-order valence-electron chi connectivity index (χ2n) is 5.81. The van der Waals surface area contributed by atoms with E-state index < -0.39 is 0 Å². The highest BCUT2D eigenvalue weighted by Crippen LogP contribution is 2.30. The van der Waals surface area contributed by atoms with E-state index in [0.29, 0.717) is 6.04 Å². The molecule has 104 valence electrons. The lowest BCUT2D eigenvalue weighted by molar-refractivity contribution is 0.0975. The molecule has 0 aliphatic carbocycles. The SMILES string of the molecule is c1cc(NC2CN3CCC2CC3)cc(-n2cnnc2)c1. The molecule has 5 rings (SSSR count). The molecule has 4 heterocycles. The molecule has 2 bridgehead atoms. The smallest absolute Gasteiger partial charge is 0.123 e. The van der Waals surface area contributed by atoms with E-state index in [-0.39, 0.29) is 0 Å². The van der Waals surface area contributed by atoms with Crippen molar-refractivity contribution >= 4 is 5.69 Å². The van der Waals surface area contributed by atoms with Crippen molar-refractivity contribution in [2.24, 2.45) is 5.92 Å². The molecule has 20 heavy (non-hydrogen) atoms. The molecule has 0 radical (unpaired) electrons. The number of hydrogen-bond donors (Lipinski definition) is 1. The summed E-state index contributed by atoms with van der Waals surface area (Å²) in [5.74, 6) is 0.832. The van der Waals surface area contributed by atoms with Crippen molar-refractivity contribution in [3.05, 3.63) is 36.9 Å². The first kappa shape index (κ1) is 11.9. The van der Waals surface area contributed by atoms with Gasteiger partial charge in [-0.25, -0.2) is 0 Å². The fraction of sp³-hybridized carbons (Fsp3) is 0.467. The molecule has 1 atom stereocenters. The Morgan fingerprint density at radius 3 is 2.60 bits per heavy atom. The summed E-state index contributed by atoms with van der Waals surface area (Å²) in [6.07, 6.45) is 6.13. The first-order chi connectivity index (χ1) is 9.88. The number of anilines is 1. The highest BCUT2D eigenvalue weighted by atomic mass is 15.2. The van der Waals surface area contributed by atoms with E-state index in [0.717, 1.165) is 11.6 Å². The lowest BCUT2D eigenvalue weighted by Gasteiger charge is -2.45.